The van der Waals surface area contributed by atoms with E-state index in [9.17, 15) is 5.11 Å². The minimum atomic E-state index is 0.307. The van der Waals surface area contributed by atoms with Crippen molar-refractivity contribution < 1.29 is 5.11 Å². The standard InChI is InChI=1S/C20H39N3O/c1-17(2)6-5-10-21-13-14-23(20(16-21)9-15-24)19-7-11-22(12-8-19)18(3)4/h5-6,17-20,24H,7-16H2,1-4H3/b6-5+/t20-/m0/s1. The fourth-order valence-corrected chi connectivity index (χ4v) is 4.20. The van der Waals surface area contributed by atoms with Crippen molar-refractivity contribution in [3.05, 3.63) is 12.2 Å². The molecule has 0 bridgehead atoms. The molecule has 2 saturated heterocycles. The summed E-state index contributed by atoms with van der Waals surface area (Å²) in [5.41, 5.74) is 0. The van der Waals surface area contributed by atoms with Gasteiger partial charge in [-0.2, -0.15) is 0 Å². The summed E-state index contributed by atoms with van der Waals surface area (Å²) in [6.07, 6.45) is 8.10. The molecule has 0 aromatic heterocycles. The molecular formula is C20H39N3O. The SMILES string of the molecule is CC(C)/C=C/CN1CCN(C2CCN(C(C)C)CC2)[C@@H](CCO)C1. The number of aliphatic hydroxyl groups is 1. The highest BCUT2D eigenvalue weighted by Crippen LogP contribution is 2.24. The Bertz CT molecular complexity index is 375. The lowest BCUT2D eigenvalue weighted by Gasteiger charge is -2.48. The van der Waals surface area contributed by atoms with Gasteiger partial charge in [-0.1, -0.05) is 26.0 Å². The van der Waals surface area contributed by atoms with Gasteiger partial charge in [-0.25, -0.2) is 0 Å². The Morgan fingerprint density at radius 2 is 1.75 bits per heavy atom. The first-order chi connectivity index (χ1) is 11.5. The van der Waals surface area contributed by atoms with Gasteiger partial charge in [0.1, 0.15) is 0 Å². The maximum atomic E-state index is 9.52. The second-order valence-electron chi connectivity index (χ2n) is 8.20. The third-order valence-electron chi connectivity index (χ3n) is 5.66. The predicted octanol–water partition coefficient (Wildman–Crippen LogP) is 2.44. The van der Waals surface area contributed by atoms with Crippen LogP contribution < -0.4 is 0 Å². The lowest BCUT2D eigenvalue weighted by atomic mass is 9.97. The molecule has 2 aliphatic heterocycles. The quantitative estimate of drug-likeness (QED) is 0.723. The topological polar surface area (TPSA) is 30.0 Å². The lowest BCUT2D eigenvalue weighted by molar-refractivity contribution is 0.00546. The number of piperazine rings is 1. The monoisotopic (exact) mass is 337 g/mol. The van der Waals surface area contributed by atoms with Gasteiger partial charge in [-0.3, -0.25) is 9.80 Å². The molecule has 0 spiro atoms. The third kappa shape index (κ3) is 5.83. The molecule has 2 rings (SSSR count). The molecule has 4 nitrogen and oxygen atoms in total. The van der Waals surface area contributed by atoms with E-state index in [-0.39, 0.29) is 0 Å². The van der Waals surface area contributed by atoms with Crippen molar-refractivity contribution in [2.75, 3.05) is 45.9 Å². The van der Waals surface area contributed by atoms with E-state index in [1.807, 2.05) is 0 Å². The number of nitrogens with zero attached hydrogens (tertiary/aromatic N) is 3. The van der Waals surface area contributed by atoms with Gasteiger partial charge in [-0.15, -0.1) is 0 Å². The zero-order valence-corrected chi connectivity index (χ0v) is 16.3. The van der Waals surface area contributed by atoms with Crippen molar-refractivity contribution in [3.8, 4) is 0 Å². The summed E-state index contributed by atoms with van der Waals surface area (Å²) in [5, 5.41) is 9.52. The summed E-state index contributed by atoms with van der Waals surface area (Å²) in [4.78, 5) is 7.88. The van der Waals surface area contributed by atoms with E-state index in [0.717, 1.165) is 32.6 Å². The van der Waals surface area contributed by atoms with Crippen molar-refractivity contribution >= 4 is 0 Å². The van der Waals surface area contributed by atoms with E-state index in [2.05, 4.69) is 54.5 Å². The number of hydrogen-bond donors (Lipinski definition) is 1. The summed E-state index contributed by atoms with van der Waals surface area (Å²) in [7, 11) is 0. The fraction of sp³-hybridized carbons (Fsp3) is 0.900. The van der Waals surface area contributed by atoms with Crippen molar-refractivity contribution in [2.24, 2.45) is 5.92 Å². The summed E-state index contributed by atoms with van der Waals surface area (Å²) < 4.78 is 0. The van der Waals surface area contributed by atoms with E-state index in [4.69, 9.17) is 0 Å². The van der Waals surface area contributed by atoms with Gasteiger partial charge < -0.3 is 10.0 Å². The summed E-state index contributed by atoms with van der Waals surface area (Å²) in [5.74, 6) is 0.630. The molecule has 4 heteroatoms. The van der Waals surface area contributed by atoms with Crippen LogP contribution >= 0.6 is 0 Å². The van der Waals surface area contributed by atoms with E-state index in [1.165, 1.54) is 25.9 Å². The number of piperidine rings is 1. The van der Waals surface area contributed by atoms with Gasteiger partial charge in [0.15, 0.2) is 0 Å². The molecule has 1 atom stereocenters. The zero-order chi connectivity index (χ0) is 17.5. The predicted molar refractivity (Wildman–Crippen MR) is 102 cm³/mol. The molecule has 0 amide bonds. The highest BCUT2D eigenvalue weighted by atomic mass is 16.3. The Morgan fingerprint density at radius 1 is 1.04 bits per heavy atom. The van der Waals surface area contributed by atoms with Crippen molar-refractivity contribution in [1.82, 2.24) is 14.7 Å². The van der Waals surface area contributed by atoms with Crippen LogP contribution in [0.3, 0.4) is 0 Å². The normalized spacial score (nSPS) is 26.2. The lowest BCUT2D eigenvalue weighted by Crippen LogP contribution is -2.58. The average molecular weight is 338 g/mol. The number of allylic oxidation sites excluding steroid dienone is 1. The first-order valence-corrected chi connectivity index (χ1v) is 10.0. The van der Waals surface area contributed by atoms with Gasteiger partial charge in [0.25, 0.3) is 0 Å². The average Bonchev–Trinajstić information content (AvgIpc) is 2.55. The summed E-state index contributed by atoms with van der Waals surface area (Å²) in [6.45, 7) is 16.3. The fourth-order valence-electron chi connectivity index (χ4n) is 4.20. The minimum Gasteiger partial charge on any atom is -0.396 e. The Morgan fingerprint density at radius 3 is 2.33 bits per heavy atom. The number of aliphatic hydroxyl groups excluding tert-OH is 1. The molecule has 24 heavy (non-hydrogen) atoms. The highest BCUT2D eigenvalue weighted by Gasteiger charge is 2.33. The molecule has 0 aromatic carbocycles. The van der Waals surface area contributed by atoms with Crippen LogP contribution in [0.5, 0.6) is 0 Å². The van der Waals surface area contributed by atoms with Gasteiger partial charge in [0.2, 0.25) is 0 Å². The zero-order valence-electron chi connectivity index (χ0n) is 16.3. The summed E-state index contributed by atoms with van der Waals surface area (Å²) in [6, 6.07) is 1.90. The van der Waals surface area contributed by atoms with Gasteiger partial charge in [-0.05, 0) is 52.1 Å². The van der Waals surface area contributed by atoms with Crippen LogP contribution in [0.2, 0.25) is 0 Å². The van der Waals surface area contributed by atoms with E-state index >= 15 is 0 Å². The van der Waals surface area contributed by atoms with Crippen LogP contribution in [0.1, 0.15) is 47.0 Å². The maximum Gasteiger partial charge on any atom is 0.0446 e. The molecule has 1 N–H and O–H groups in total. The molecule has 140 valence electrons. The van der Waals surface area contributed by atoms with Crippen molar-refractivity contribution in [1.29, 1.82) is 0 Å². The third-order valence-corrected chi connectivity index (χ3v) is 5.66. The largest absolute Gasteiger partial charge is 0.396 e. The van der Waals surface area contributed by atoms with Crippen LogP contribution in [0.15, 0.2) is 12.2 Å². The molecule has 2 fully saturated rings. The number of likely N-dealkylation sites (tertiary alicyclic amines) is 1. The summed E-state index contributed by atoms with van der Waals surface area (Å²) >= 11 is 0. The van der Waals surface area contributed by atoms with E-state index in [1.54, 1.807) is 0 Å². The van der Waals surface area contributed by atoms with Gasteiger partial charge in [0.05, 0.1) is 0 Å². The first kappa shape index (κ1) is 19.9. The van der Waals surface area contributed by atoms with E-state index < -0.39 is 0 Å². The van der Waals surface area contributed by atoms with Crippen molar-refractivity contribution in [3.63, 3.8) is 0 Å². The molecule has 2 aliphatic rings. The highest BCUT2D eigenvalue weighted by molar-refractivity contribution is 4.93. The molecule has 0 aliphatic carbocycles. The Labute approximate surface area is 149 Å². The Balaban J connectivity index is 1.87. The second-order valence-corrected chi connectivity index (χ2v) is 8.20. The maximum absolute atomic E-state index is 9.52. The van der Waals surface area contributed by atoms with Crippen LogP contribution in [0.4, 0.5) is 0 Å². The molecule has 0 saturated carbocycles. The van der Waals surface area contributed by atoms with Crippen molar-refractivity contribution in [2.45, 2.75) is 65.1 Å². The van der Waals surface area contributed by atoms with Crippen LogP contribution in [-0.4, -0.2) is 83.8 Å². The van der Waals surface area contributed by atoms with E-state index in [0.29, 0.717) is 30.7 Å². The van der Waals surface area contributed by atoms with Gasteiger partial charge >= 0.3 is 0 Å². The number of rotatable bonds is 7. The smallest absolute Gasteiger partial charge is 0.0446 e. The Kier molecular flexibility index (Phi) is 8.21. The van der Waals surface area contributed by atoms with Crippen LogP contribution in [0, 0.1) is 5.92 Å². The minimum absolute atomic E-state index is 0.307. The molecule has 0 unspecified atom stereocenters. The van der Waals surface area contributed by atoms with Crippen LogP contribution in [0.25, 0.3) is 0 Å². The first-order valence-electron chi connectivity index (χ1n) is 10.0. The number of hydrogen-bond acceptors (Lipinski definition) is 4. The van der Waals surface area contributed by atoms with Gasteiger partial charge in [0, 0.05) is 50.9 Å². The van der Waals surface area contributed by atoms with Crippen LogP contribution in [-0.2, 0) is 0 Å². The second kappa shape index (κ2) is 9.91. The Hall–Kier alpha value is -0.420. The molecule has 0 aromatic rings. The molecular weight excluding hydrogens is 298 g/mol. The molecule has 2 heterocycles. The molecule has 0 radical (unpaired) electrons.